The molecule has 0 fully saturated rings. The van der Waals surface area contributed by atoms with Gasteiger partial charge in [0.1, 0.15) is 18.7 Å². The van der Waals surface area contributed by atoms with Crippen molar-refractivity contribution in [3.05, 3.63) is 54.6 Å². The van der Waals surface area contributed by atoms with Crippen LogP contribution in [0.3, 0.4) is 0 Å². The van der Waals surface area contributed by atoms with E-state index in [-0.39, 0.29) is 5.41 Å². The molecule has 2 aromatic rings. The zero-order valence-electron chi connectivity index (χ0n) is 13.8. The molecule has 0 spiro atoms. The van der Waals surface area contributed by atoms with E-state index in [1.54, 1.807) is 30.3 Å². The summed E-state index contributed by atoms with van der Waals surface area (Å²) < 4.78 is 1.52. The molecule has 24 heavy (non-hydrogen) atoms. The van der Waals surface area contributed by atoms with Crippen molar-refractivity contribution in [2.45, 2.75) is 26.8 Å². The van der Waals surface area contributed by atoms with Crippen LogP contribution in [0, 0.1) is 5.41 Å². The number of nitrogens with zero attached hydrogens (tertiary/aromatic N) is 3. The van der Waals surface area contributed by atoms with Crippen molar-refractivity contribution < 1.29 is 14.7 Å². The number of carboxylic acids is 1. The average Bonchev–Trinajstić information content (AvgIpc) is 3.04. The van der Waals surface area contributed by atoms with Crippen LogP contribution in [-0.2, 0) is 4.79 Å². The molecule has 0 saturated heterocycles. The van der Waals surface area contributed by atoms with Crippen LogP contribution in [0.5, 0.6) is 0 Å². The SMILES string of the molecule is CC(C)(C)/C=C/C(NC(=O)c1cccc(-n2cncn2)c1)C(=O)O. The number of rotatable bonds is 5. The molecule has 1 unspecified atom stereocenters. The first-order chi connectivity index (χ1) is 11.3. The Hall–Kier alpha value is -2.96. The first-order valence-corrected chi connectivity index (χ1v) is 7.44. The molecule has 2 N–H and O–H groups in total. The van der Waals surface area contributed by atoms with Gasteiger partial charge in [0.05, 0.1) is 5.69 Å². The number of aromatic nitrogens is 3. The van der Waals surface area contributed by atoms with Gasteiger partial charge in [-0.3, -0.25) is 4.79 Å². The van der Waals surface area contributed by atoms with Crippen LogP contribution in [0.4, 0.5) is 0 Å². The molecule has 0 radical (unpaired) electrons. The molecule has 126 valence electrons. The maximum Gasteiger partial charge on any atom is 0.330 e. The molecular weight excluding hydrogens is 308 g/mol. The normalized spacial score (nSPS) is 13.0. The van der Waals surface area contributed by atoms with Crippen molar-refractivity contribution in [1.82, 2.24) is 20.1 Å². The lowest BCUT2D eigenvalue weighted by atomic mass is 9.95. The summed E-state index contributed by atoms with van der Waals surface area (Å²) in [6.45, 7) is 5.85. The van der Waals surface area contributed by atoms with Crippen LogP contribution >= 0.6 is 0 Å². The molecule has 0 aliphatic rings. The third kappa shape index (κ3) is 4.77. The minimum atomic E-state index is -1.11. The molecule has 0 aliphatic heterocycles. The quantitative estimate of drug-likeness (QED) is 0.819. The Balaban J connectivity index is 2.17. The second-order valence-electron chi connectivity index (χ2n) is 6.40. The Morgan fingerprint density at radius 3 is 2.67 bits per heavy atom. The molecule has 1 atom stereocenters. The van der Waals surface area contributed by atoms with E-state index in [2.05, 4.69) is 15.4 Å². The number of carbonyl (C=O) groups excluding carboxylic acids is 1. The first-order valence-electron chi connectivity index (χ1n) is 7.44. The minimum Gasteiger partial charge on any atom is -0.479 e. The zero-order chi connectivity index (χ0) is 17.7. The van der Waals surface area contributed by atoms with Crippen molar-refractivity contribution >= 4 is 11.9 Å². The number of amides is 1. The van der Waals surface area contributed by atoms with Crippen molar-refractivity contribution in [2.24, 2.45) is 5.41 Å². The van der Waals surface area contributed by atoms with Crippen LogP contribution in [0.1, 0.15) is 31.1 Å². The summed E-state index contributed by atoms with van der Waals surface area (Å²) in [5.74, 6) is -1.58. The second kappa shape index (κ2) is 7.08. The molecule has 7 nitrogen and oxygen atoms in total. The van der Waals surface area contributed by atoms with Gasteiger partial charge in [-0.1, -0.05) is 39.0 Å². The van der Waals surface area contributed by atoms with E-state index in [4.69, 9.17) is 0 Å². The summed E-state index contributed by atoms with van der Waals surface area (Å²) in [5, 5.41) is 15.8. The van der Waals surface area contributed by atoms with E-state index in [1.165, 1.54) is 23.4 Å². The van der Waals surface area contributed by atoms with Crippen LogP contribution in [0.15, 0.2) is 49.1 Å². The lowest BCUT2D eigenvalue weighted by Gasteiger charge is -2.15. The van der Waals surface area contributed by atoms with Crippen molar-refractivity contribution in [3.8, 4) is 5.69 Å². The minimum absolute atomic E-state index is 0.175. The van der Waals surface area contributed by atoms with Gasteiger partial charge >= 0.3 is 5.97 Å². The molecular formula is C17H20N4O3. The maximum atomic E-state index is 12.4. The van der Waals surface area contributed by atoms with Crippen LogP contribution < -0.4 is 5.32 Å². The molecule has 2 rings (SSSR count). The highest BCUT2D eigenvalue weighted by Crippen LogP contribution is 2.15. The molecule has 7 heteroatoms. The van der Waals surface area contributed by atoms with Crippen molar-refractivity contribution in [1.29, 1.82) is 0 Å². The summed E-state index contributed by atoms with van der Waals surface area (Å²) in [6, 6.07) is 5.62. The van der Waals surface area contributed by atoms with Crippen molar-refractivity contribution in [3.63, 3.8) is 0 Å². The van der Waals surface area contributed by atoms with E-state index in [0.29, 0.717) is 11.3 Å². The van der Waals surface area contributed by atoms with Crippen LogP contribution in [0.2, 0.25) is 0 Å². The van der Waals surface area contributed by atoms with E-state index in [9.17, 15) is 14.7 Å². The summed E-state index contributed by atoms with van der Waals surface area (Å²) in [7, 11) is 0. The summed E-state index contributed by atoms with van der Waals surface area (Å²) >= 11 is 0. The van der Waals surface area contributed by atoms with Gasteiger partial charge in [0.15, 0.2) is 0 Å². The Kier molecular flexibility index (Phi) is 5.13. The predicted molar refractivity (Wildman–Crippen MR) is 88.8 cm³/mol. The number of allylic oxidation sites excluding steroid dienone is 1. The fourth-order valence-corrected chi connectivity index (χ4v) is 1.93. The second-order valence-corrected chi connectivity index (χ2v) is 6.40. The molecule has 0 saturated carbocycles. The standard InChI is InChI=1S/C17H20N4O3/c1-17(2,3)8-7-14(16(23)24)20-15(22)12-5-4-6-13(9-12)21-11-18-10-19-21/h4-11,14H,1-3H3,(H,20,22)(H,23,24)/b8-7+. The lowest BCUT2D eigenvalue weighted by Crippen LogP contribution is -2.39. The Labute approximate surface area is 140 Å². The van der Waals surface area contributed by atoms with E-state index in [1.807, 2.05) is 20.8 Å². The monoisotopic (exact) mass is 328 g/mol. The highest BCUT2D eigenvalue weighted by Gasteiger charge is 2.19. The Bertz CT molecular complexity index is 745. The van der Waals surface area contributed by atoms with Gasteiger partial charge in [-0.15, -0.1) is 0 Å². The number of carboxylic acid groups (broad SMARTS) is 1. The number of aliphatic carboxylic acids is 1. The Morgan fingerprint density at radius 2 is 2.08 bits per heavy atom. The van der Waals surface area contributed by atoms with Gasteiger partial charge in [-0.25, -0.2) is 14.5 Å². The van der Waals surface area contributed by atoms with E-state index in [0.717, 1.165) is 0 Å². The predicted octanol–water partition coefficient (Wildman–Crippen LogP) is 2.05. The molecule has 0 bridgehead atoms. The van der Waals surface area contributed by atoms with Gasteiger partial charge in [0.2, 0.25) is 0 Å². The topological polar surface area (TPSA) is 97.1 Å². The summed E-state index contributed by atoms with van der Waals surface area (Å²) in [5.41, 5.74) is 0.835. The zero-order valence-corrected chi connectivity index (χ0v) is 13.8. The van der Waals surface area contributed by atoms with Gasteiger partial charge in [0, 0.05) is 5.56 Å². The van der Waals surface area contributed by atoms with Gasteiger partial charge in [-0.2, -0.15) is 5.10 Å². The Morgan fingerprint density at radius 1 is 1.33 bits per heavy atom. The van der Waals surface area contributed by atoms with Gasteiger partial charge < -0.3 is 10.4 Å². The van der Waals surface area contributed by atoms with E-state index < -0.39 is 17.9 Å². The summed E-state index contributed by atoms with van der Waals surface area (Å²) in [4.78, 5) is 27.6. The third-order valence-corrected chi connectivity index (χ3v) is 3.13. The molecule has 1 aromatic heterocycles. The number of benzene rings is 1. The first kappa shape index (κ1) is 17.4. The molecule has 1 amide bonds. The number of hydrogen-bond acceptors (Lipinski definition) is 4. The smallest absolute Gasteiger partial charge is 0.330 e. The van der Waals surface area contributed by atoms with E-state index >= 15 is 0 Å². The highest BCUT2D eigenvalue weighted by atomic mass is 16.4. The molecule has 0 aliphatic carbocycles. The largest absolute Gasteiger partial charge is 0.479 e. The maximum absolute atomic E-state index is 12.4. The van der Waals surface area contributed by atoms with Gasteiger partial charge in [0.25, 0.3) is 5.91 Å². The third-order valence-electron chi connectivity index (χ3n) is 3.13. The van der Waals surface area contributed by atoms with Crippen LogP contribution in [-0.4, -0.2) is 37.8 Å². The number of hydrogen-bond donors (Lipinski definition) is 2. The average molecular weight is 328 g/mol. The highest BCUT2D eigenvalue weighted by molar-refractivity contribution is 5.97. The number of nitrogens with one attached hydrogen (secondary N) is 1. The summed E-state index contributed by atoms with van der Waals surface area (Å²) in [6.07, 6.45) is 6.16. The molecule has 1 heterocycles. The molecule has 1 aromatic carbocycles. The van der Waals surface area contributed by atoms with Gasteiger partial charge in [-0.05, 0) is 23.6 Å². The fraction of sp³-hybridized carbons (Fsp3) is 0.294. The fourth-order valence-electron chi connectivity index (χ4n) is 1.93. The number of carbonyl (C=O) groups is 2. The van der Waals surface area contributed by atoms with Crippen LogP contribution in [0.25, 0.3) is 5.69 Å². The van der Waals surface area contributed by atoms with Crippen molar-refractivity contribution in [2.75, 3.05) is 0 Å². The lowest BCUT2D eigenvalue weighted by molar-refractivity contribution is -0.137.